The van der Waals surface area contributed by atoms with E-state index in [0.29, 0.717) is 0 Å². The van der Waals surface area contributed by atoms with Crippen LogP contribution in [-0.2, 0) is 14.3 Å². The van der Waals surface area contributed by atoms with E-state index in [4.69, 9.17) is 4.74 Å². The summed E-state index contributed by atoms with van der Waals surface area (Å²) in [6.07, 6.45) is -2.82. The zero-order valence-corrected chi connectivity index (χ0v) is 9.60. The van der Waals surface area contributed by atoms with Gasteiger partial charge in [0.25, 0.3) is 6.47 Å². The topological polar surface area (TPSA) is 55.8 Å². The van der Waals surface area contributed by atoms with E-state index in [1.54, 1.807) is 20.8 Å². The lowest BCUT2D eigenvalue weighted by Crippen LogP contribution is -2.36. The molecule has 0 radical (unpaired) electrons. The number of ether oxygens (including phenoxy) is 2. The molecule has 0 bridgehead atoms. The maximum Gasteiger partial charge on any atom is 0.410 e. The maximum atomic E-state index is 13.3. The zero-order valence-electron chi connectivity index (χ0n) is 9.60. The average Bonchev–Trinajstić information content (AvgIpc) is 2.46. The monoisotopic (exact) mass is 233 g/mol. The Morgan fingerprint density at radius 1 is 1.44 bits per heavy atom. The minimum Gasteiger partial charge on any atom is -0.459 e. The maximum absolute atomic E-state index is 13.3. The molecule has 0 aliphatic carbocycles. The van der Waals surface area contributed by atoms with E-state index in [2.05, 4.69) is 4.74 Å². The van der Waals surface area contributed by atoms with Gasteiger partial charge < -0.3 is 14.4 Å². The molecule has 0 spiro atoms. The third kappa shape index (κ3) is 3.36. The van der Waals surface area contributed by atoms with Gasteiger partial charge in [-0.1, -0.05) is 0 Å². The minimum absolute atomic E-state index is 0.0365. The highest BCUT2D eigenvalue weighted by molar-refractivity contribution is 5.68. The predicted octanol–water partition coefficient (Wildman–Crippen LogP) is 1.12. The summed E-state index contributed by atoms with van der Waals surface area (Å²) in [4.78, 5) is 22.8. The van der Waals surface area contributed by atoms with Gasteiger partial charge in [0.05, 0.1) is 13.1 Å². The molecule has 0 aromatic carbocycles. The molecule has 1 fully saturated rings. The van der Waals surface area contributed by atoms with Gasteiger partial charge in [0, 0.05) is 0 Å². The Morgan fingerprint density at radius 3 is 2.56 bits per heavy atom. The summed E-state index contributed by atoms with van der Waals surface area (Å²) < 4.78 is 22.9. The fraction of sp³-hybridized carbons (Fsp3) is 0.800. The molecule has 2 atom stereocenters. The number of alkyl halides is 1. The van der Waals surface area contributed by atoms with Gasteiger partial charge >= 0.3 is 6.09 Å². The second kappa shape index (κ2) is 4.67. The lowest BCUT2D eigenvalue weighted by Gasteiger charge is -2.23. The first-order valence-electron chi connectivity index (χ1n) is 5.04. The smallest absolute Gasteiger partial charge is 0.410 e. The Balaban J connectivity index is 2.51. The Bertz CT molecular complexity index is 276. The molecule has 1 heterocycles. The number of rotatable bonds is 2. The first kappa shape index (κ1) is 12.7. The van der Waals surface area contributed by atoms with Crippen LogP contribution in [0, 0.1) is 0 Å². The normalized spacial score (nSPS) is 25.4. The van der Waals surface area contributed by atoms with Crippen LogP contribution in [0.4, 0.5) is 9.18 Å². The molecular formula is C10H16FNO4. The number of nitrogens with zero attached hydrogens (tertiary/aromatic N) is 1. The molecule has 6 heteroatoms. The van der Waals surface area contributed by atoms with Gasteiger partial charge in [-0.3, -0.25) is 4.79 Å². The van der Waals surface area contributed by atoms with Gasteiger partial charge in [-0.05, 0) is 20.8 Å². The van der Waals surface area contributed by atoms with Crippen molar-refractivity contribution in [3.8, 4) is 0 Å². The number of carbonyl (C=O) groups excluding carboxylic acids is 2. The number of likely N-dealkylation sites (tertiary alicyclic amines) is 1. The lowest BCUT2D eigenvalue weighted by molar-refractivity contribution is -0.135. The number of amides is 1. The van der Waals surface area contributed by atoms with Crippen molar-refractivity contribution < 1.29 is 23.5 Å². The van der Waals surface area contributed by atoms with Crippen molar-refractivity contribution in [1.82, 2.24) is 4.90 Å². The van der Waals surface area contributed by atoms with E-state index in [0.717, 1.165) is 0 Å². The molecule has 1 saturated heterocycles. The molecule has 1 rings (SSSR count). The lowest BCUT2D eigenvalue weighted by atomic mass is 10.2. The van der Waals surface area contributed by atoms with Crippen LogP contribution < -0.4 is 0 Å². The van der Waals surface area contributed by atoms with Crippen molar-refractivity contribution in [3.05, 3.63) is 0 Å². The number of hydrogen-bond donors (Lipinski definition) is 0. The average molecular weight is 233 g/mol. The fourth-order valence-electron chi connectivity index (χ4n) is 1.41. The zero-order chi connectivity index (χ0) is 12.3. The van der Waals surface area contributed by atoms with E-state index in [9.17, 15) is 14.0 Å². The molecular weight excluding hydrogens is 217 g/mol. The second-order valence-corrected chi connectivity index (χ2v) is 4.67. The van der Waals surface area contributed by atoms with Crippen LogP contribution in [0.1, 0.15) is 20.8 Å². The third-order valence-corrected chi connectivity index (χ3v) is 2.08. The molecule has 1 amide bonds. The van der Waals surface area contributed by atoms with Gasteiger partial charge in [-0.25, -0.2) is 9.18 Å². The molecule has 2 unspecified atom stereocenters. The van der Waals surface area contributed by atoms with Gasteiger partial charge in [0.2, 0.25) is 0 Å². The van der Waals surface area contributed by atoms with E-state index in [1.165, 1.54) is 4.90 Å². The quantitative estimate of drug-likeness (QED) is 0.670. The van der Waals surface area contributed by atoms with Crippen LogP contribution in [0.25, 0.3) is 0 Å². The van der Waals surface area contributed by atoms with Crippen LogP contribution in [0.15, 0.2) is 0 Å². The summed E-state index contributed by atoms with van der Waals surface area (Å²) in [6.45, 7) is 5.31. The Labute approximate surface area is 93.5 Å². The molecule has 1 aliphatic heterocycles. The summed E-state index contributed by atoms with van der Waals surface area (Å²) in [6, 6.07) is 0. The first-order valence-corrected chi connectivity index (χ1v) is 5.04. The molecule has 0 aromatic heterocycles. The Hall–Kier alpha value is -1.33. The number of halogens is 1. The summed E-state index contributed by atoms with van der Waals surface area (Å²) in [7, 11) is 0. The van der Waals surface area contributed by atoms with Crippen molar-refractivity contribution in [2.75, 3.05) is 13.1 Å². The van der Waals surface area contributed by atoms with E-state index in [1.807, 2.05) is 0 Å². The number of hydrogen-bond acceptors (Lipinski definition) is 4. The molecule has 0 aromatic rings. The molecule has 0 saturated carbocycles. The van der Waals surface area contributed by atoms with E-state index in [-0.39, 0.29) is 19.6 Å². The van der Waals surface area contributed by atoms with Gasteiger partial charge in [0.15, 0.2) is 12.3 Å². The highest BCUT2D eigenvalue weighted by atomic mass is 19.1. The summed E-state index contributed by atoms with van der Waals surface area (Å²) >= 11 is 0. The largest absolute Gasteiger partial charge is 0.459 e. The summed E-state index contributed by atoms with van der Waals surface area (Å²) in [5.74, 6) is 0. The van der Waals surface area contributed by atoms with Crippen molar-refractivity contribution in [2.45, 2.75) is 38.6 Å². The second-order valence-electron chi connectivity index (χ2n) is 4.67. The summed E-state index contributed by atoms with van der Waals surface area (Å²) in [5.41, 5.74) is -0.619. The molecule has 16 heavy (non-hydrogen) atoms. The van der Waals surface area contributed by atoms with Crippen LogP contribution in [0.5, 0.6) is 0 Å². The van der Waals surface area contributed by atoms with Crippen molar-refractivity contribution in [1.29, 1.82) is 0 Å². The van der Waals surface area contributed by atoms with Crippen molar-refractivity contribution in [3.63, 3.8) is 0 Å². The van der Waals surface area contributed by atoms with Crippen LogP contribution in [0.3, 0.4) is 0 Å². The van der Waals surface area contributed by atoms with Crippen LogP contribution in [-0.4, -0.2) is 48.4 Å². The SMILES string of the molecule is CC(C)(C)OC(=O)N1CC(F)C(OC=O)C1. The van der Waals surface area contributed by atoms with Gasteiger partial charge in [0.1, 0.15) is 5.60 Å². The van der Waals surface area contributed by atoms with E-state index >= 15 is 0 Å². The van der Waals surface area contributed by atoms with Gasteiger partial charge in [-0.2, -0.15) is 0 Å². The highest BCUT2D eigenvalue weighted by Gasteiger charge is 2.38. The molecule has 92 valence electrons. The number of carbonyl (C=O) groups is 2. The standard InChI is InChI=1S/C10H16FNO4/c1-10(2,3)16-9(14)12-4-7(11)8(5-12)15-6-13/h6-8H,4-5H2,1-3H3. The summed E-state index contributed by atoms with van der Waals surface area (Å²) in [5, 5.41) is 0. The molecule has 1 aliphatic rings. The van der Waals surface area contributed by atoms with Crippen molar-refractivity contribution >= 4 is 12.6 Å². The van der Waals surface area contributed by atoms with Gasteiger partial charge in [-0.15, -0.1) is 0 Å². The fourth-order valence-corrected chi connectivity index (χ4v) is 1.41. The molecule has 0 N–H and O–H groups in total. The van der Waals surface area contributed by atoms with Crippen molar-refractivity contribution in [2.24, 2.45) is 0 Å². The third-order valence-electron chi connectivity index (χ3n) is 2.08. The first-order chi connectivity index (χ1) is 7.33. The highest BCUT2D eigenvalue weighted by Crippen LogP contribution is 2.19. The Morgan fingerprint density at radius 2 is 2.06 bits per heavy atom. The van der Waals surface area contributed by atoms with Crippen LogP contribution in [0.2, 0.25) is 0 Å². The van der Waals surface area contributed by atoms with Crippen LogP contribution >= 0.6 is 0 Å². The minimum atomic E-state index is -1.35. The Kier molecular flexibility index (Phi) is 3.72. The predicted molar refractivity (Wildman–Crippen MR) is 53.6 cm³/mol. The molecule has 5 nitrogen and oxygen atoms in total. The van der Waals surface area contributed by atoms with E-state index < -0.39 is 24.0 Å².